The van der Waals surface area contributed by atoms with Gasteiger partial charge in [0.1, 0.15) is 6.61 Å². The van der Waals surface area contributed by atoms with Crippen LogP contribution in [0.4, 0.5) is 10.8 Å². The number of thiazole rings is 1. The van der Waals surface area contributed by atoms with Gasteiger partial charge in [0.15, 0.2) is 16.6 Å². The summed E-state index contributed by atoms with van der Waals surface area (Å²) in [4.78, 5) is 17.2. The van der Waals surface area contributed by atoms with Gasteiger partial charge < -0.3 is 14.8 Å². The molecule has 0 saturated carbocycles. The number of ether oxygens (including phenoxy) is 2. The number of nitrogens with one attached hydrogen (secondary N) is 2. The summed E-state index contributed by atoms with van der Waals surface area (Å²) in [5, 5.41) is 10.8. The first-order valence-corrected chi connectivity index (χ1v) is 13.6. The van der Waals surface area contributed by atoms with E-state index >= 15 is 0 Å². The molecule has 1 heterocycles. The second-order valence-corrected chi connectivity index (χ2v) is 9.93. The highest BCUT2D eigenvalue weighted by Crippen LogP contribution is 2.29. The molecule has 9 heteroatoms. The van der Waals surface area contributed by atoms with Gasteiger partial charge in [-0.05, 0) is 65.7 Å². The second kappa shape index (κ2) is 12.9. The molecule has 0 spiro atoms. The summed E-state index contributed by atoms with van der Waals surface area (Å²) in [5.41, 5.74) is 7.50. The van der Waals surface area contributed by atoms with Crippen molar-refractivity contribution in [3.05, 3.63) is 124 Å². The number of rotatable bonds is 10. The Balaban J connectivity index is 1.16. The third-order valence-corrected chi connectivity index (χ3v) is 6.86. The Morgan fingerprint density at radius 1 is 0.975 bits per heavy atom. The van der Waals surface area contributed by atoms with Gasteiger partial charge >= 0.3 is 0 Å². The fourth-order valence-corrected chi connectivity index (χ4v) is 4.63. The maximum absolute atomic E-state index is 12.6. The van der Waals surface area contributed by atoms with Crippen LogP contribution >= 0.6 is 22.9 Å². The first-order valence-electron chi connectivity index (χ1n) is 12.3. The van der Waals surface area contributed by atoms with Crippen LogP contribution in [-0.2, 0) is 6.61 Å². The zero-order chi connectivity index (χ0) is 27.7. The summed E-state index contributed by atoms with van der Waals surface area (Å²) in [6.45, 7) is 0.434. The van der Waals surface area contributed by atoms with Gasteiger partial charge in [-0.25, -0.2) is 10.4 Å². The van der Waals surface area contributed by atoms with E-state index in [9.17, 15) is 4.79 Å². The lowest BCUT2D eigenvalue weighted by atomic mass is 10.1. The van der Waals surface area contributed by atoms with Crippen LogP contribution in [0.2, 0.25) is 5.02 Å². The molecule has 0 radical (unpaired) electrons. The maximum atomic E-state index is 12.6. The first kappa shape index (κ1) is 26.9. The predicted molar refractivity (Wildman–Crippen MR) is 161 cm³/mol. The average molecular weight is 569 g/mol. The molecule has 0 aliphatic heterocycles. The molecule has 0 saturated heterocycles. The summed E-state index contributed by atoms with van der Waals surface area (Å²) < 4.78 is 11.4. The Bertz CT molecular complexity index is 1600. The van der Waals surface area contributed by atoms with Crippen LogP contribution in [0.1, 0.15) is 21.5 Å². The number of nitrogens with zero attached hydrogens (tertiary/aromatic N) is 2. The topological polar surface area (TPSA) is 84.8 Å². The lowest BCUT2D eigenvalue weighted by Crippen LogP contribution is -2.17. The minimum atomic E-state index is -0.319. The van der Waals surface area contributed by atoms with E-state index < -0.39 is 0 Å². The largest absolute Gasteiger partial charge is 0.493 e. The van der Waals surface area contributed by atoms with Gasteiger partial charge in [0.2, 0.25) is 0 Å². The van der Waals surface area contributed by atoms with Crippen molar-refractivity contribution in [3.8, 4) is 22.8 Å². The number of hydrogen-bond donors (Lipinski definition) is 2. The molecule has 2 N–H and O–H groups in total. The normalized spacial score (nSPS) is 10.8. The Labute approximate surface area is 241 Å². The molecule has 0 fully saturated rings. The number of anilines is 2. The number of carbonyl (C=O) groups excluding carboxylic acids is 1. The molecule has 0 bridgehead atoms. The van der Waals surface area contributed by atoms with Gasteiger partial charge in [0.05, 0.1) is 19.0 Å². The highest BCUT2D eigenvalue weighted by atomic mass is 35.5. The minimum Gasteiger partial charge on any atom is -0.493 e. The van der Waals surface area contributed by atoms with E-state index in [0.29, 0.717) is 28.7 Å². The lowest BCUT2D eigenvalue weighted by Gasteiger charge is -2.11. The Morgan fingerprint density at radius 2 is 1.75 bits per heavy atom. The second-order valence-electron chi connectivity index (χ2n) is 8.63. The summed E-state index contributed by atoms with van der Waals surface area (Å²) in [7, 11) is 1.58. The van der Waals surface area contributed by atoms with Crippen LogP contribution in [0, 0.1) is 0 Å². The van der Waals surface area contributed by atoms with E-state index in [0.717, 1.165) is 33.2 Å². The van der Waals surface area contributed by atoms with Crippen LogP contribution < -0.4 is 20.2 Å². The molecule has 7 nitrogen and oxygen atoms in total. The zero-order valence-corrected chi connectivity index (χ0v) is 23.1. The quantitative estimate of drug-likeness (QED) is 0.134. The van der Waals surface area contributed by atoms with Crippen LogP contribution in [0.25, 0.3) is 11.3 Å². The fourth-order valence-electron chi connectivity index (χ4n) is 3.76. The molecule has 5 rings (SSSR count). The third kappa shape index (κ3) is 7.05. The minimum absolute atomic E-state index is 0.319. The van der Waals surface area contributed by atoms with Crippen LogP contribution in [0.15, 0.2) is 108 Å². The van der Waals surface area contributed by atoms with Crippen molar-refractivity contribution in [2.24, 2.45) is 5.10 Å². The molecule has 1 amide bonds. The third-order valence-electron chi connectivity index (χ3n) is 5.85. The molecule has 200 valence electrons. The molecular formula is C31H25ClN4O3S. The molecule has 4 aromatic carbocycles. The highest BCUT2D eigenvalue weighted by Gasteiger charge is 2.09. The molecule has 40 heavy (non-hydrogen) atoms. The fraction of sp³-hybridized carbons (Fsp3) is 0.0645. The maximum Gasteiger partial charge on any atom is 0.271 e. The van der Waals surface area contributed by atoms with Crippen molar-refractivity contribution in [2.45, 2.75) is 6.61 Å². The number of carbonyl (C=O) groups is 1. The highest BCUT2D eigenvalue weighted by molar-refractivity contribution is 7.14. The molecule has 0 aliphatic rings. The van der Waals surface area contributed by atoms with Crippen molar-refractivity contribution >= 4 is 45.9 Å². The number of halogens is 1. The van der Waals surface area contributed by atoms with Gasteiger partial charge in [0.25, 0.3) is 5.91 Å². The standard InChI is InChI=1S/C31H25ClN4O3S/c1-38-29-17-22(7-16-28(29)39-19-21-5-3-2-4-6-21)18-33-36-30(37)24-10-8-23(9-11-24)27-20-40-31(35-27)34-26-14-12-25(32)13-15-26/h2-18,20H,19H2,1H3,(H,34,35)(H,36,37)/b33-18-. The van der Waals surface area contributed by atoms with Crippen LogP contribution in [0.3, 0.4) is 0 Å². The van der Waals surface area contributed by atoms with Crippen molar-refractivity contribution < 1.29 is 14.3 Å². The molecule has 5 aromatic rings. The van der Waals surface area contributed by atoms with E-state index in [1.54, 1.807) is 31.5 Å². The van der Waals surface area contributed by atoms with Crippen molar-refractivity contribution in [3.63, 3.8) is 0 Å². The van der Waals surface area contributed by atoms with Crippen LogP contribution in [-0.4, -0.2) is 24.2 Å². The Morgan fingerprint density at radius 3 is 2.50 bits per heavy atom. The van der Waals surface area contributed by atoms with E-state index in [2.05, 4.69) is 20.8 Å². The monoisotopic (exact) mass is 568 g/mol. The number of aromatic nitrogens is 1. The van der Waals surface area contributed by atoms with Gasteiger partial charge in [-0.3, -0.25) is 4.79 Å². The SMILES string of the molecule is COc1cc(/C=N\NC(=O)c2ccc(-c3csc(Nc4ccc(Cl)cc4)n3)cc2)ccc1OCc1ccccc1. The smallest absolute Gasteiger partial charge is 0.271 e. The van der Waals surface area contributed by atoms with Crippen molar-refractivity contribution in [2.75, 3.05) is 12.4 Å². The first-order chi connectivity index (χ1) is 19.6. The summed E-state index contributed by atoms with van der Waals surface area (Å²) in [5.74, 6) is 0.886. The number of hydrazone groups is 1. The average Bonchev–Trinajstić information content (AvgIpc) is 3.46. The lowest BCUT2D eigenvalue weighted by molar-refractivity contribution is 0.0955. The number of methoxy groups -OCH3 is 1. The molecular weight excluding hydrogens is 544 g/mol. The molecule has 0 atom stereocenters. The van der Waals surface area contributed by atoms with E-state index in [-0.39, 0.29) is 5.91 Å². The van der Waals surface area contributed by atoms with Gasteiger partial charge in [-0.1, -0.05) is 54.1 Å². The van der Waals surface area contributed by atoms with E-state index in [1.165, 1.54) is 11.3 Å². The number of benzene rings is 4. The van der Waals surface area contributed by atoms with Crippen molar-refractivity contribution in [1.29, 1.82) is 0 Å². The molecule has 0 aliphatic carbocycles. The summed E-state index contributed by atoms with van der Waals surface area (Å²) in [6.07, 6.45) is 1.56. The Kier molecular flexibility index (Phi) is 8.70. The van der Waals surface area contributed by atoms with E-state index in [4.69, 9.17) is 21.1 Å². The summed E-state index contributed by atoms with van der Waals surface area (Å²) in [6, 6.07) is 30.0. The predicted octanol–water partition coefficient (Wildman–Crippen LogP) is 7.56. The van der Waals surface area contributed by atoms with E-state index in [1.807, 2.05) is 84.2 Å². The summed E-state index contributed by atoms with van der Waals surface area (Å²) >= 11 is 7.44. The Hall–Kier alpha value is -4.66. The molecule has 1 aromatic heterocycles. The van der Waals surface area contributed by atoms with Gasteiger partial charge in [-0.2, -0.15) is 5.10 Å². The van der Waals surface area contributed by atoms with Gasteiger partial charge in [0, 0.05) is 27.2 Å². The molecule has 0 unspecified atom stereocenters. The van der Waals surface area contributed by atoms with Crippen LogP contribution in [0.5, 0.6) is 11.5 Å². The van der Waals surface area contributed by atoms with Crippen molar-refractivity contribution in [1.82, 2.24) is 10.4 Å². The van der Waals surface area contributed by atoms with Gasteiger partial charge in [-0.15, -0.1) is 11.3 Å². The zero-order valence-electron chi connectivity index (χ0n) is 21.5. The number of hydrogen-bond acceptors (Lipinski definition) is 7. The number of amides is 1.